The third-order valence-electron chi connectivity index (χ3n) is 2.68. The molecule has 0 aliphatic carbocycles. The van der Waals surface area contributed by atoms with Gasteiger partial charge in [-0.3, -0.25) is 0 Å². The van der Waals surface area contributed by atoms with Crippen molar-refractivity contribution in [3.8, 4) is 0 Å². The Kier molecular flexibility index (Phi) is 4.00. The molecule has 1 amide bonds. The number of nitrogens with zero attached hydrogens (tertiary/aromatic N) is 1. The number of rotatable bonds is 1. The normalized spacial score (nSPS) is 26.4. The van der Waals surface area contributed by atoms with E-state index in [0.717, 1.165) is 19.5 Å². The van der Waals surface area contributed by atoms with Crippen LogP contribution in [0.25, 0.3) is 0 Å². The first-order valence-electron chi connectivity index (χ1n) is 5.92. The Hall–Kier alpha value is -0.990. The molecule has 1 aliphatic heterocycles. The van der Waals surface area contributed by atoms with Gasteiger partial charge in [-0.2, -0.15) is 0 Å². The molecule has 0 aromatic heterocycles. The molecule has 0 N–H and O–H groups in total. The molecule has 0 radical (unpaired) electrons. The Balaban J connectivity index is 2.58. The highest BCUT2D eigenvalue weighted by atomic mass is 16.6. The van der Waals surface area contributed by atoms with Crippen molar-refractivity contribution in [3.05, 3.63) is 12.7 Å². The maximum absolute atomic E-state index is 11.9. The second kappa shape index (κ2) is 4.89. The predicted octanol–water partition coefficient (Wildman–Crippen LogP) is 3.07. The summed E-state index contributed by atoms with van der Waals surface area (Å²) in [5, 5.41) is 0. The molecule has 2 atom stereocenters. The molecule has 1 aliphatic rings. The minimum atomic E-state index is -0.415. The van der Waals surface area contributed by atoms with E-state index >= 15 is 0 Å². The minimum absolute atomic E-state index is 0.203. The third kappa shape index (κ3) is 3.87. The number of carbonyl (C=O) groups excluding carboxylic acids is 1. The Labute approximate surface area is 98.5 Å². The van der Waals surface area contributed by atoms with Crippen molar-refractivity contribution >= 4 is 6.09 Å². The second-order valence-electron chi connectivity index (χ2n) is 5.72. The zero-order valence-corrected chi connectivity index (χ0v) is 10.8. The van der Waals surface area contributed by atoms with Crippen LogP contribution in [0.4, 0.5) is 4.79 Å². The molecule has 3 nitrogen and oxygen atoms in total. The highest BCUT2D eigenvalue weighted by molar-refractivity contribution is 5.68. The number of hydrogen-bond acceptors (Lipinski definition) is 2. The van der Waals surface area contributed by atoms with Crippen molar-refractivity contribution in [2.45, 2.75) is 39.7 Å². The van der Waals surface area contributed by atoms with Crippen LogP contribution in [-0.2, 0) is 4.74 Å². The molecule has 0 aromatic carbocycles. The lowest BCUT2D eigenvalue weighted by atomic mass is 9.91. The Bertz CT molecular complexity index is 268. The summed E-state index contributed by atoms with van der Waals surface area (Å²) in [6, 6.07) is 0. The average Bonchev–Trinajstić information content (AvgIpc) is 2.14. The summed E-state index contributed by atoms with van der Waals surface area (Å²) in [6.07, 6.45) is 2.85. The molecule has 0 aromatic rings. The molecule has 0 saturated carbocycles. The molecule has 3 heteroatoms. The van der Waals surface area contributed by atoms with E-state index in [1.165, 1.54) is 0 Å². The fourth-order valence-corrected chi connectivity index (χ4v) is 2.05. The first-order chi connectivity index (χ1) is 7.31. The molecule has 1 saturated heterocycles. The van der Waals surface area contributed by atoms with Gasteiger partial charge in [-0.05, 0) is 39.0 Å². The summed E-state index contributed by atoms with van der Waals surface area (Å²) >= 11 is 0. The highest BCUT2D eigenvalue weighted by Gasteiger charge is 2.29. The largest absolute Gasteiger partial charge is 0.444 e. The van der Waals surface area contributed by atoms with Crippen LogP contribution in [0, 0.1) is 11.8 Å². The molecule has 1 heterocycles. The van der Waals surface area contributed by atoms with E-state index in [1.54, 1.807) is 4.90 Å². The summed E-state index contributed by atoms with van der Waals surface area (Å²) in [7, 11) is 0. The monoisotopic (exact) mass is 225 g/mol. The molecule has 0 unspecified atom stereocenters. The topological polar surface area (TPSA) is 29.5 Å². The molecule has 16 heavy (non-hydrogen) atoms. The SMILES string of the molecule is C=C[C@H]1C[C@H](C)CN(C(=O)OC(C)(C)C)C1. The van der Waals surface area contributed by atoms with Crippen LogP contribution in [-0.4, -0.2) is 29.7 Å². The first-order valence-corrected chi connectivity index (χ1v) is 5.92. The zero-order valence-electron chi connectivity index (χ0n) is 10.8. The lowest BCUT2D eigenvalue weighted by Gasteiger charge is -2.36. The van der Waals surface area contributed by atoms with Crippen LogP contribution in [0.15, 0.2) is 12.7 Å². The number of likely N-dealkylation sites (tertiary alicyclic amines) is 1. The summed E-state index contributed by atoms with van der Waals surface area (Å²) < 4.78 is 5.37. The Morgan fingerprint density at radius 2 is 2.06 bits per heavy atom. The minimum Gasteiger partial charge on any atom is -0.444 e. The van der Waals surface area contributed by atoms with Crippen molar-refractivity contribution < 1.29 is 9.53 Å². The van der Waals surface area contributed by atoms with E-state index in [-0.39, 0.29) is 6.09 Å². The van der Waals surface area contributed by atoms with Crippen molar-refractivity contribution in [3.63, 3.8) is 0 Å². The number of carbonyl (C=O) groups is 1. The summed E-state index contributed by atoms with van der Waals surface area (Å²) in [5.41, 5.74) is -0.415. The van der Waals surface area contributed by atoms with Gasteiger partial charge >= 0.3 is 6.09 Å². The zero-order chi connectivity index (χ0) is 12.3. The predicted molar refractivity (Wildman–Crippen MR) is 65.3 cm³/mol. The quantitative estimate of drug-likeness (QED) is 0.642. The summed E-state index contributed by atoms with van der Waals surface area (Å²) in [4.78, 5) is 13.7. The van der Waals surface area contributed by atoms with Crippen molar-refractivity contribution in [2.24, 2.45) is 11.8 Å². The van der Waals surface area contributed by atoms with Gasteiger partial charge in [0.2, 0.25) is 0 Å². The molecule has 1 fully saturated rings. The number of ether oxygens (including phenoxy) is 1. The van der Waals surface area contributed by atoms with Crippen LogP contribution in [0.1, 0.15) is 34.1 Å². The van der Waals surface area contributed by atoms with Gasteiger partial charge in [-0.25, -0.2) is 4.79 Å². The van der Waals surface area contributed by atoms with Gasteiger partial charge in [0.15, 0.2) is 0 Å². The first kappa shape index (κ1) is 13.1. The van der Waals surface area contributed by atoms with Gasteiger partial charge < -0.3 is 9.64 Å². The van der Waals surface area contributed by atoms with Crippen LogP contribution in [0.2, 0.25) is 0 Å². The summed E-state index contributed by atoms with van der Waals surface area (Å²) in [6.45, 7) is 13.2. The smallest absolute Gasteiger partial charge is 0.410 e. The maximum Gasteiger partial charge on any atom is 0.410 e. The van der Waals surface area contributed by atoms with Gasteiger partial charge in [0.25, 0.3) is 0 Å². The van der Waals surface area contributed by atoms with Gasteiger partial charge in [0, 0.05) is 13.1 Å². The van der Waals surface area contributed by atoms with Gasteiger partial charge in [-0.1, -0.05) is 13.0 Å². The van der Waals surface area contributed by atoms with Crippen molar-refractivity contribution in [1.29, 1.82) is 0 Å². The lowest BCUT2D eigenvalue weighted by molar-refractivity contribution is 0.0136. The number of piperidine rings is 1. The second-order valence-corrected chi connectivity index (χ2v) is 5.72. The van der Waals surface area contributed by atoms with Crippen LogP contribution < -0.4 is 0 Å². The fraction of sp³-hybridized carbons (Fsp3) is 0.769. The number of amides is 1. The maximum atomic E-state index is 11.9. The van der Waals surface area contributed by atoms with E-state index in [9.17, 15) is 4.79 Å². The van der Waals surface area contributed by atoms with Crippen LogP contribution >= 0.6 is 0 Å². The van der Waals surface area contributed by atoms with E-state index in [0.29, 0.717) is 11.8 Å². The average molecular weight is 225 g/mol. The molecular weight excluding hydrogens is 202 g/mol. The lowest BCUT2D eigenvalue weighted by Crippen LogP contribution is -2.45. The van der Waals surface area contributed by atoms with Crippen LogP contribution in [0.5, 0.6) is 0 Å². The van der Waals surface area contributed by atoms with Crippen molar-refractivity contribution in [1.82, 2.24) is 4.90 Å². The van der Waals surface area contributed by atoms with Crippen molar-refractivity contribution in [2.75, 3.05) is 13.1 Å². The molecule has 92 valence electrons. The van der Waals surface area contributed by atoms with Gasteiger partial charge in [0.05, 0.1) is 0 Å². The highest BCUT2D eigenvalue weighted by Crippen LogP contribution is 2.23. The molecule has 0 bridgehead atoms. The third-order valence-corrected chi connectivity index (χ3v) is 2.68. The van der Waals surface area contributed by atoms with E-state index in [2.05, 4.69) is 13.5 Å². The Morgan fingerprint density at radius 3 is 2.56 bits per heavy atom. The van der Waals surface area contributed by atoms with E-state index in [1.807, 2.05) is 26.8 Å². The molecule has 1 rings (SSSR count). The Morgan fingerprint density at radius 1 is 1.44 bits per heavy atom. The van der Waals surface area contributed by atoms with Crippen LogP contribution in [0.3, 0.4) is 0 Å². The van der Waals surface area contributed by atoms with Gasteiger partial charge in [-0.15, -0.1) is 6.58 Å². The van der Waals surface area contributed by atoms with Gasteiger partial charge in [0.1, 0.15) is 5.60 Å². The fourth-order valence-electron chi connectivity index (χ4n) is 2.05. The molecular formula is C13H23NO2. The summed E-state index contributed by atoms with van der Waals surface area (Å²) in [5.74, 6) is 0.917. The van der Waals surface area contributed by atoms with E-state index in [4.69, 9.17) is 4.74 Å². The molecule has 0 spiro atoms. The van der Waals surface area contributed by atoms with E-state index < -0.39 is 5.60 Å². The number of hydrogen-bond donors (Lipinski definition) is 0. The standard InChI is InChI=1S/C13H23NO2/c1-6-11-7-10(2)8-14(9-11)12(15)16-13(3,4)5/h6,10-11H,1,7-9H2,2-5H3/t10-,11-/m0/s1.